The predicted octanol–water partition coefficient (Wildman–Crippen LogP) is 5.36. The Kier molecular flexibility index (Phi) is 5.94. The Morgan fingerprint density at radius 1 is 1.14 bits per heavy atom. The maximum atomic E-state index is 12.2. The van der Waals surface area contributed by atoms with Crippen LogP contribution in [-0.2, 0) is 9.22 Å². The maximum absolute atomic E-state index is 12.2. The smallest absolute Gasteiger partial charge is 0.192 e. The van der Waals surface area contributed by atoms with Gasteiger partial charge in [-0.3, -0.25) is 4.79 Å². The lowest BCUT2D eigenvalue weighted by molar-refractivity contribution is -0.123. The molecule has 0 aromatic heterocycles. The standard InChI is InChI=1S/C18H30O2Si/c1-14(2)16(19)13-17(15-11-9-8-10-12-15)20-21(6,7)18(3,4)5/h8-12,14,17H,13H2,1-7H3. The largest absolute Gasteiger partial charge is 0.409 e. The lowest BCUT2D eigenvalue weighted by atomic mass is 9.99. The van der Waals surface area contributed by atoms with E-state index < -0.39 is 8.32 Å². The minimum absolute atomic E-state index is 0.0548. The third-order valence-electron chi connectivity index (χ3n) is 4.44. The van der Waals surface area contributed by atoms with Crippen molar-refractivity contribution in [3.05, 3.63) is 35.9 Å². The van der Waals surface area contributed by atoms with Crippen LogP contribution < -0.4 is 0 Å². The van der Waals surface area contributed by atoms with Gasteiger partial charge in [0, 0.05) is 12.3 Å². The zero-order valence-corrected chi connectivity index (χ0v) is 15.6. The molecule has 0 bridgehead atoms. The molecule has 118 valence electrons. The van der Waals surface area contributed by atoms with Gasteiger partial charge in [0.1, 0.15) is 5.78 Å². The highest BCUT2D eigenvalue weighted by Gasteiger charge is 2.39. The third-order valence-corrected chi connectivity index (χ3v) is 8.93. The summed E-state index contributed by atoms with van der Waals surface area (Å²) in [5.74, 6) is 0.321. The highest BCUT2D eigenvalue weighted by Crippen LogP contribution is 2.40. The molecule has 1 unspecified atom stereocenters. The number of hydrogen-bond acceptors (Lipinski definition) is 2. The van der Waals surface area contributed by atoms with Gasteiger partial charge >= 0.3 is 0 Å². The Balaban J connectivity index is 3.01. The van der Waals surface area contributed by atoms with Crippen LogP contribution in [0.5, 0.6) is 0 Å². The quantitative estimate of drug-likeness (QED) is 0.661. The van der Waals surface area contributed by atoms with Crippen molar-refractivity contribution in [3.63, 3.8) is 0 Å². The molecule has 3 heteroatoms. The number of carbonyl (C=O) groups excluding carboxylic acids is 1. The molecule has 2 nitrogen and oxygen atoms in total. The lowest BCUT2D eigenvalue weighted by Gasteiger charge is -2.39. The second-order valence-corrected chi connectivity index (χ2v) is 12.4. The predicted molar refractivity (Wildman–Crippen MR) is 91.9 cm³/mol. The Morgan fingerprint density at radius 2 is 1.67 bits per heavy atom. The monoisotopic (exact) mass is 306 g/mol. The van der Waals surface area contributed by atoms with Crippen molar-refractivity contribution in [2.75, 3.05) is 0 Å². The molecule has 0 N–H and O–H groups in total. The first-order chi connectivity index (χ1) is 9.54. The van der Waals surface area contributed by atoms with E-state index in [1.54, 1.807) is 0 Å². The van der Waals surface area contributed by atoms with E-state index in [1.807, 2.05) is 32.0 Å². The lowest BCUT2D eigenvalue weighted by Crippen LogP contribution is -2.42. The molecule has 0 fully saturated rings. The van der Waals surface area contributed by atoms with Crippen molar-refractivity contribution in [3.8, 4) is 0 Å². The number of ketones is 1. The molecular formula is C18H30O2Si. The fourth-order valence-corrected chi connectivity index (χ4v) is 3.13. The topological polar surface area (TPSA) is 26.3 Å². The van der Waals surface area contributed by atoms with Crippen molar-refractivity contribution in [1.82, 2.24) is 0 Å². The van der Waals surface area contributed by atoms with E-state index in [0.717, 1.165) is 5.56 Å². The van der Waals surface area contributed by atoms with Gasteiger partial charge in [-0.2, -0.15) is 0 Å². The molecule has 1 atom stereocenters. The summed E-state index contributed by atoms with van der Waals surface area (Å²) in [6.45, 7) is 15.1. The molecule has 0 saturated carbocycles. The minimum Gasteiger partial charge on any atom is -0.409 e. The van der Waals surface area contributed by atoms with Crippen molar-refractivity contribution >= 4 is 14.1 Å². The average molecular weight is 307 g/mol. The number of carbonyl (C=O) groups is 1. The molecule has 1 aromatic carbocycles. The summed E-state index contributed by atoms with van der Waals surface area (Å²) in [4.78, 5) is 12.2. The van der Waals surface area contributed by atoms with E-state index in [0.29, 0.717) is 6.42 Å². The van der Waals surface area contributed by atoms with Gasteiger partial charge in [-0.1, -0.05) is 65.0 Å². The van der Waals surface area contributed by atoms with Gasteiger partial charge in [0.15, 0.2) is 8.32 Å². The molecule has 1 rings (SSSR count). The Morgan fingerprint density at radius 3 is 2.10 bits per heavy atom. The van der Waals surface area contributed by atoms with Crippen LogP contribution in [0.3, 0.4) is 0 Å². The van der Waals surface area contributed by atoms with Crippen LogP contribution in [-0.4, -0.2) is 14.1 Å². The minimum atomic E-state index is -1.90. The van der Waals surface area contributed by atoms with Crippen LogP contribution in [0.2, 0.25) is 18.1 Å². The van der Waals surface area contributed by atoms with E-state index in [9.17, 15) is 4.79 Å². The van der Waals surface area contributed by atoms with Gasteiger partial charge in [-0.05, 0) is 23.7 Å². The molecule has 21 heavy (non-hydrogen) atoms. The molecule has 0 aliphatic heterocycles. The van der Waals surface area contributed by atoms with Crippen molar-refractivity contribution < 1.29 is 9.22 Å². The summed E-state index contributed by atoms with van der Waals surface area (Å²) < 4.78 is 6.53. The van der Waals surface area contributed by atoms with E-state index >= 15 is 0 Å². The highest BCUT2D eigenvalue weighted by molar-refractivity contribution is 6.74. The number of rotatable bonds is 6. The van der Waals surface area contributed by atoms with Crippen LogP contribution in [0.25, 0.3) is 0 Å². The van der Waals surface area contributed by atoms with Crippen molar-refractivity contribution in [2.24, 2.45) is 5.92 Å². The molecular weight excluding hydrogens is 276 g/mol. The van der Waals surface area contributed by atoms with E-state index in [4.69, 9.17) is 4.43 Å². The number of benzene rings is 1. The van der Waals surface area contributed by atoms with Crippen molar-refractivity contribution in [1.29, 1.82) is 0 Å². The second kappa shape index (κ2) is 6.88. The fraction of sp³-hybridized carbons (Fsp3) is 0.611. The first-order valence-electron chi connectivity index (χ1n) is 7.80. The van der Waals surface area contributed by atoms with Gasteiger partial charge in [0.2, 0.25) is 0 Å². The second-order valence-electron chi connectivity index (χ2n) is 7.60. The summed E-state index contributed by atoms with van der Waals surface area (Å²) in [6, 6.07) is 10.1. The Bertz CT molecular complexity index is 458. The van der Waals surface area contributed by atoms with Gasteiger partial charge in [0.25, 0.3) is 0 Å². The van der Waals surface area contributed by atoms with E-state index in [2.05, 4.69) is 46.0 Å². The fourth-order valence-electron chi connectivity index (χ4n) is 1.85. The number of Topliss-reactive ketones (excluding diaryl/α,β-unsaturated/α-hetero) is 1. The average Bonchev–Trinajstić information content (AvgIpc) is 2.37. The summed E-state index contributed by atoms with van der Waals surface area (Å²) in [7, 11) is -1.90. The Labute approximate surface area is 131 Å². The molecule has 0 amide bonds. The van der Waals surface area contributed by atoms with Gasteiger partial charge < -0.3 is 4.43 Å². The van der Waals surface area contributed by atoms with Crippen molar-refractivity contribution in [2.45, 2.75) is 65.3 Å². The normalized spacial score (nSPS) is 14.3. The molecule has 1 aromatic rings. The molecule has 0 aliphatic carbocycles. The van der Waals surface area contributed by atoms with Gasteiger partial charge in [-0.15, -0.1) is 0 Å². The van der Waals surface area contributed by atoms with Crippen LogP contribution in [0.1, 0.15) is 52.7 Å². The molecule has 0 heterocycles. The first-order valence-corrected chi connectivity index (χ1v) is 10.7. The zero-order chi connectivity index (χ0) is 16.3. The van der Waals surface area contributed by atoms with Gasteiger partial charge in [0.05, 0.1) is 6.10 Å². The maximum Gasteiger partial charge on any atom is 0.192 e. The van der Waals surface area contributed by atoms with E-state index in [-0.39, 0.29) is 22.8 Å². The van der Waals surface area contributed by atoms with Crippen LogP contribution >= 0.6 is 0 Å². The summed E-state index contributed by atoms with van der Waals surface area (Å²) >= 11 is 0. The van der Waals surface area contributed by atoms with Crippen LogP contribution in [0.15, 0.2) is 30.3 Å². The molecule has 0 saturated heterocycles. The zero-order valence-electron chi connectivity index (χ0n) is 14.6. The van der Waals surface area contributed by atoms with Crippen LogP contribution in [0, 0.1) is 5.92 Å². The highest BCUT2D eigenvalue weighted by atomic mass is 28.4. The van der Waals surface area contributed by atoms with E-state index in [1.165, 1.54) is 0 Å². The molecule has 0 radical (unpaired) electrons. The first kappa shape index (κ1) is 18.1. The summed E-state index contributed by atoms with van der Waals surface area (Å²) in [5.41, 5.74) is 1.11. The number of hydrogen-bond donors (Lipinski definition) is 0. The summed E-state index contributed by atoms with van der Waals surface area (Å²) in [5, 5.41) is 0.140. The van der Waals surface area contributed by atoms with Crippen LogP contribution in [0.4, 0.5) is 0 Å². The summed E-state index contributed by atoms with van der Waals surface area (Å²) in [6.07, 6.45) is 0.343. The Hall–Kier alpha value is -0.933. The molecule has 0 aliphatic rings. The molecule has 0 spiro atoms. The third kappa shape index (κ3) is 5.08. The van der Waals surface area contributed by atoms with Gasteiger partial charge in [-0.25, -0.2) is 0 Å². The SMILES string of the molecule is CC(C)C(=O)CC(O[Si](C)(C)C(C)(C)C)c1ccccc1.